The van der Waals surface area contributed by atoms with Crippen molar-refractivity contribution in [1.82, 2.24) is 5.32 Å². The van der Waals surface area contributed by atoms with E-state index in [1.807, 2.05) is 26.0 Å². The van der Waals surface area contributed by atoms with E-state index in [1.54, 1.807) is 0 Å². The minimum Gasteiger partial charge on any atom is -0.372 e. The van der Waals surface area contributed by atoms with Crippen LogP contribution in [0.25, 0.3) is 0 Å². The Balaban J connectivity index is 1.83. The molecule has 0 saturated carbocycles. The molecule has 8 heteroatoms. The third-order valence-corrected chi connectivity index (χ3v) is 6.95. The molecule has 0 unspecified atom stereocenters. The van der Waals surface area contributed by atoms with E-state index in [2.05, 4.69) is 21.2 Å². The molecule has 1 aromatic carbocycles. The van der Waals surface area contributed by atoms with Crippen molar-refractivity contribution in [2.45, 2.75) is 64.8 Å². The van der Waals surface area contributed by atoms with Crippen LogP contribution < -0.4 is 20.9 Å². The van der Waals surface area contributed by atoms with E-state index in [4.69, 9.17) is 10.5 Å². The van der Waals surface area contributed by atoms with E-state index in [0.717, 1.165) is 36.4 Å². The molecule has 3 aliphatic heterocycles. The van der Waals surface area contributed by atoms with E-state index in [1.165, 1.54) is 13.8 Å². The Morgan fingerprint density at radius 1 is 1.19 bits per heavy atom. The second kappa shape index (κ2) is 7.91. The first-order valence-electron chi connectivity index (χ1n) is 11.0. The fourth-order valence-corrected chi connectivity index (χ4v) is 5.61. The maximum absolute atomic E-state index is 13.3. The monoisotopic (exact) mass is 428 g/mol. The first-order chi connectivity index (χ1) is 14.6. The van der Waals surface area contributed by atoms with Gasteiger partial charge in [0.05, 0.1) is 18.2 Å². The number of carbonyl (C=O) groups is 3. The minimum absolute atomic E-state index is 0.0541. The lowest BCUT2D eigenvalue weighted by Crippen LogP contribution is -2.69. The highest BCUT2D eigenvalue weighted by Gasteiger charge is 2.59. The number of imide groups is 1. The molecule has 2 fully saturated rings. The standard InChI is InChI=1S/C23H32N4O4/c1-13-11-27-20-9-19(26-8-7-18(24)12-26)6-5-17(20)10-23(15(3)28,21(27)14(2)31-13)22(30)25-16(4)29/h5-6,9,13-14,18,21H,7-8,10-12,24H2,1-4H3,(H,25,29,30)/t13-,14+,18+,21-,23+/m1/s1. The topological polar surface area (TPSA) is 105 Å². The number of ether oxygens (including phenoxy) is 1. The second-order valence-corrected chi connectivity index (χ2v) is 9.27. The quantitative estimate of drug-likeness (QED) is 0.692. The van der Waals surface area contributed by atoms with Crippen molar-refractivity contribution in [2.75, 3.05) is 29.4 Å². The molecule has 5 atom stereocenters. The van der Waals surface area contributed by atoms with Gasteiger partial charge in [0.2, 0.25) is 11.8 Å². The van der Waals surface area contributed by atoms with Gasteiger partial charge in [0.1, 0.15) is 11.2 Å². The number of nitrogens with one attached hydrogen (secondary N) is 1. The summed E-state index contributed by atoms with van der Waals surface area (Å²) in [6.45, 7) is 8.92. The molecule has 3 heterocycles. The normalized spacial score (nSPS) is 32.3. The number of nitrogens with two attached hydrogens (primary N) is 1. The molecular weight excluding hydrogens is 396 g/mol. The molecule has 0 bridgehead atoms. The Morgan fingerprint density at radius 3 is 2.55 bits per heavy atom. The summed E-state index contributed by atoms with van der Waals surface area (Å²) in [6.07, 6.45) is 0.785. The number of hydrogen-bond acceptors (Lipinski definition) is 7. The van der Waals surface area contributed by atoms with Crippen molar-refractivity contribution in [3.8, 4) is 0 Å². The fourth-order valence-electron chi connectivity index (χ4n) is 5.61. The van der Waals surface area contributed by atoms with Gasteiger partial charge in [-0.15, -0.1) is 0 Å². The molecule has 0 aliphatic carbocycles. The number of hydrogen-bond donors (Lipinski definition) is 2. The molecule has 0 spiro atoms. The average Bonchev–Trinajstić information content (AvgIpc) is 3.12. The van der Waals surface area contributed by atoms with E-state index in [9.17, 15) is 14.4 Å². The number of nitrogens with zero attached hydrogens (tertiary/aromatic N) is 2. The summed E-state index contributed by atoms with van der Waals surface area (Å²) in [7, 11) is 0. The van der Waals surface area contributed by atoms with E-state index < -0.39 is 23.3 Å². The Hall–Kier alpha value is -2.45. The minimum atomic E-state index is -1.39. The van der Waals surface area contributed by atoms with Crippen LogP contribution in [0, 0.1) is 5.41 Å². The highest BCUT2D eigenvalue weighted by molar-refractivity contribution is 6.11. The van der Waals surface area contributed by atoms with Crippen LogP contribution in [0.4, 0.5) is 11.4 Å². The third-order valence-electron chi connectivity index (χ3n) is 6.95. The zero-order chi connectivity index (χ0) is 22.5. The number of fused-ring (bicyclic) bond motifs is 3. The van der Waals surface area contributed by atoms with Gasteiger partial charge in [-0.05, 0) is 51.3 Å². The molecule has 0 aromatic heterocycles. The molecule has 31 heavy (non-hydrogen) atoms. The smallest absolute Gasteiger partial charge is 0.242 e. The van der Waals surface area contributed by atoms with Crippen molar-refractivity contribution in [1.29, 1.82) is 0 Å². The molecule has 0 radical (unpaired) electrons. The molecule has 1 aromatic rings. The highest BCUT2D eigenvalue weighted by Crippen LogP contribution is 2.47. The van der Waals surface area contributed by atoms with Crippen molar-refractivity contribution >= 4 is 29.0 Å². The predicted octanol–water partition coefficient (Wildman–Crippen LogP) is 1.00. The van der Waals surface area contributed by atoms with Crippen LogP contribution in [0.5, 0.6) is 0 Å². The van der Waals surface area contributed by atoms with Crippen molar-refractivity contribution in [3.63, 3.8) is 0 Å². The molecule has 2 amide bonds. The summed E-state index contributed by atoms with van der Waals surface area (Å²) in [4.78, 5) is 42.5. The predicted molar refractivity (Wildman–Crippen MR) is 118 cm³/mol. The van der Waals surface area contributed by atoms with Gasteiger partial charge in [-0.1, -0.05) is 6.07 Å². The molecule has 3 N–H and O–H groups in total. The molecule has 4 rings (SSSR count). The van der Waals surface area contributed by atoms with Crippen LogP contribution in [-0.4, -0.2) is 61.5 Å². The van der Waals surface area contributed by atoms with Gasteiger partial charge >= 0.3 is 0 Å². The van der Waals surface area contributed by atoms with Crippen LogP contribution in [0.15, 0.2) is 18.2 Å². The highest BCUT2D eigenvalue weighted by atomic mass is 16.5. The lowest BCUT2D eigenvalue weighted by molar-refractivity contribution is -0.151. The Bertz CT molecular complexity index is 919. The first kappa shape index (κ1) is 21.8. The average molecular weight is 429 g/mol. The van der Waals surface area contributed by atoms with Crippen LogP contribution in [0.2, 0.25) is 0 Å². The third kappa shape index (κ3) is 3.61. The summed E-state index contributed by atoms with van der Waals surface area (Å²) in [5.74, 6) is -1.28. The van der Waals surface area contributed by atoms with Gasteiger partial charge in [0, 0.05) is 44.0 Å². The second-order valence-electron chi connectivity index (χ2n) is 9.27. The number of rotatable bonds is 3. The number of carbonyl (C=O) groups excluding carboxylic acids is 3. The molecule has 8 nitrogen and oxygen atoms in total. The Labute approximate surface area is 183 Å². The number of anilines is 2. The summed E-state index contributed by atoms with van der Waals surface area (Å²) >= 11 is 0. The van der Waals surface area contributed by atoms with Gasteiger partial charge in [-0.2, -0.15) is 0 Å². The number of ketones is 1. The van der Waals surface area contributed by atoms with Gasteiger partial charge in [0.25, 0.3) is 0 Å². The zero-order valence-electron chi connectivity index (χ0n) is 18.7. The summed E-state index contributed by atoms with van der Waals surface area (Å²) in [6, 6.07) is 5.88. The molecule has 2 saturated heterocycles. The lowest BCUT2D eigenvalue weighted by Gasteiger charge is -2.55. The van der Waals surface area contributed by atoms with Crippen LogP contribution >= 0.6 is 0 Å². The van der Waals surface area contributed by atoms with Gasteiger partial charge in [-0.3, -0.25) is 19.7 Å². The molecule has 3 aliphatic rings. The summed E-state index contributed by atoms with van der Waals surface area (Å²) in [5.41, 5.74) is 7.77. The maximum Gasteiger partial charge on any atom is 0.242 e. The maximum atomic E-state index is 13.3. The van der Waals surface area contributed by atoms with E-state index >= 15 is 0 Å². The zero-order valence-corrected chi connectivity index (χ0v) is 18.7. The van der Waals surface area contributed by atoms with Crippen molar-refractivity contribution < 1.29 is 19.1 Å². The number of morpholine rings is 1. The van der Waals surface area contributed by atoms with E-state index in [0.29, 0.717) is 6.54 Å². The van der Waals surface area contributed by atoms with Crippen LogP contribution in [-0.2, 0) is 25.5 Å². The SMILES string of the molecule is CC(=O)NC(=O)[C@]1(C(C)=O)Cc2ccc(N3CC[C@H](N)C3)cc2N2C[C@@H](C)O[C@@H](C)[C@@H]21. The number of benzene rings is 1. The van der Waals surface area contributed by atoms with Crippen LogP contribution in [0.3, 0.4) is 0 Å². The van der Waals surface area contributed by atoms with Gasteiger partial charge in [-0.25, -0.2) is 0 Å². The van der Waals surface area contributed by atoms with Gasteiger partial charge in [0.15, 0.2) is 0 Å². The van der Waals surface area contributed by atoms with Crippen molar-refractivity contribution in [2.24, 2.45) is 11.1 Å². The van der Waals surface area contributed by atoms with E-state index in [-0.39, 0.29) is 30.5 Å². The Morgan fingerprint density at radius 2 is 1.94 bits per heavy atom. The fraction of sp³-hybridized carbons (Fsp3) is 0.609. The summed E-state index contributed by atoms with van der Waals surface area (Å²) < 4.78 is 6.09. The molecule has 168 valence electrons. The van der Waals surface area contributed by atoms with Crippen molar-refractivity contribution in [3.05, 3.63) is 23.8 Å². The first-order valence-corrected chi connectivity index (χ1v) is 11.0. The molecular formula is C23H32N4O4. The largest absolute Gasteiger partial charge is 0.372 e. The Kier molecular flexibility index (Phi) is 5.55. The number of amides is 2. The lowest BCUT2D eigenvalue weighted by atomic mass is 9.65. The summed E-state index contributed by atoms with van der Waals surface area (Å²) in [5, 5.41) is 2.39. The van der Waals surface area contributed by atoms with Crippen LogP contribution in [0.1, 0.15) is 39.7 Å². The number of Topliss-reactive ketones (excluding diaryl/α,β-unsaturated/α-hetero) is 1. The van der Waals surface area contributed by atoms with Gasteiger partial charge < -0.3 is 20.3 Å².